The number of imidazole rings is 1. The predicted octanol–water partition coefficient (Wildman–Crippen LogP) is 4.81. The Hall–Kier alpha value is -3.32. The number of thiazole rings is 1. The first-order valence-electron chi connectivity index (χ1n) is 9.45. The molecule has 4 heterocycles. The molecular weight excluding hydrogens is 382 g/mol. The van der Waals surface area contributed by atoms with E-state index in [1.807, 2.05) is 48.0 Å². The molecule has 4 aromatic rings. The van der Waals surface area contributed by atoms with Gasteiger partial charge in [-0.15, -0.1) is 11.3 Å². The van der Waals surface area contributed by atoms with E-state index in [1.165, 1.54) is 0 Å². The number of benzene rings is 1. The third kappa shape index (κ3) is 3.03. The standard InChI is InChI=1S/C22H19N5OS/c1-14(2)26-9-8-23-21(26)18-4-3-5-20(25-18)27-11-16-7-6-15(10-17(16)22(27)28)19-12-29-13-24-19/h3-10,12-14H,11H2,1-2H3. The minimum Gasteiger partial charge on any atom is -0.327 e. The van der Waals surface area contributed by atoms with Crippen LogP contribution < -0.4 is 4.90 Å². The van der Waals surface area contributed by atoms with Crippen LogP contribution in [0.5, 0.6) is 0 Å². The van der Waals surface area contributed by atoms with Gasteiger partial charge in [0.2, 0.25) is 0 Å². The van der Waals surface area contributed by atoms with E-state index in [9.17, 15) is 4.79 Å². The molecule has 1 amide bonds. The van der Waals surface area contributed by atoms with Gasteiger partial charge in [0.05, 0.1) is 17.7 Å². The number of aromatic nitrogens is 4. The Morgan fingerprint density at radius 3 is 2.79 bits per heavy atom. The molecule has 1 aliphatic heterocycles. The van der Waals surface area contributed by atoms with Crippen molar-refractivity contribution < 1.29 is 4.79 Å². The van der Waals surface area contributed by atoms with E-state index in [2.05, 4.69) is 28.4 Å². The lowest BCUT2D eigenvalue weighted by atomic mass is 10.0. The highest BCUT2D eigenvalue weighted by atomic mass is 32.1. The van der Waals surface area contributed by atoms with Crippen LogP contribution in [-0.2, 0) is 6.54 Å². The van der Waals surface area contributed by atoms with E-state index in [0.717, 1.165) is 28.3 Å². The summed E-state index contributed by atoms with van der Waals surface area (Å²) in [5, 5.41) is 1.99. The van der Waals surface area contributed by atoms with Gasteiger partial charge < -0.3 is 4.57 Å². The minimum absolute atomic E-state index is 0.0334. The second-order valence-corrected chi connectivity index (χ2v) is 7.99. The largest absolute Gasteiger partial charge is 0.327 e. The van der Waals surface area contributed by atoms with E-state index in [4.69, 9.17) is 4.98 Å². The summed E-state index contributed by atoms with van der Waals surface area (Å²) in [5.41, 5.74) is 6.13. The fourth-order valence-corrected chi connectivity index (χ4v) is 4.19. The second kappa shape index (κ2) is 6.93. The summed E-state index contributed by atoms with van der Waals surface area (Å²) >= 11 is 1.54. The molecule has 0 spiro atoms. The van der Waals surface area contributed by atoms with Gasteiger partial charge in [0.25, 0.3) is 5.91 Å². The monoisotopic (exact) mass is 401 g/mol. The minimum atomic E-state index is -0.0334. The molecular formula is C22H19N5OS. The van der Waals surface area contributed by atoms with Crippen LogP contribution in [0.1, 0.15) is 35.8 Å². The van der Waals surface area contributed by atoms with Crippen LogP contribution in [0.15, 0.2) is 59.7 Å². The number of anilines is 1. The van der Waals surface area contributed by atoms with Crippen LogP contribution in [-0.4, -0.2) is 25.4 Å². The summed E-state index contributed by atoms with van der Waals surface area (Å²) in [6, 6.07) is 12.0. The van der Waals surface area contributed by atoms with Crippen LogP contribution >= 0.6 is 11.3 Å². The number of nitrogens with zero attached hydrogens (tertiary/aromatic N) is 5. The molecule has 0 atom stereocenters. The number of pyridine rings is 1. The van der Waals surface area contributed by atoms with Crippen LogP contribution in [0, 0.1) is 0 Å². The van der Waals surface area contributed by atoms with E-state index in [0.29, 0.717) is 17.9 Å². The van der Waals surface area contributed by atoms with Gasteiger partial charge in [-0.25, -0.2) is 15.0 Å². The Morgan fingerprint density at radius 2 is 2.00 bits per heavy atom. The van der Waals surface area contributed by atoms with E-state index in [-0.39, 0.29) is 11.9 Å². The van der Waals surface area contributed by atoms with Crippen molar-refractivity contribution in [3.63, 3.8) is 0 Å². The molecule has 0 fully saturated rings. The first-order valence-corrected chi connectivity index (χ1v) is 10.4. The van der Waals surface area contributed by atoms with Crippen LogP contribution in [0.25, 0.3) is 22.8 Å². The summed E-state index contributed by atoms with van der Waals surface area (Å²) in [4.78, 5) is 28.4. The maximum atomic E-state index is 13.1. The zero-order valence-corrected chi connectivity index (χ0v) is 16.9. The van der Waals surface area contributed by atoms with Crippen molar-refractivity contribution in [1.82, 2.24) is 19.5 Å². The van der Waals surface area contributed by atoms with Crippen molar-refractivity contribution in [3.8, 4) is 22.8 Å². The fraction of sp³-hybridized carbons (Fsp3) is 0.182. The van der Waals surface area contributed by atoms with Crippen molar-refractivity contribution in [2.75, 3.05) is 4.90 Å². The van der Waals surface area contributed by atoms with Gasteiger partial charge in [0.15, 0.2) is 5.82 Å². The normalized spacial score (nSPS) is 13.3. The molecule has 1 aliphatic rings. The number of carbonyl (C=O) groups is 1. The Balaban J connectivity index is 1.49. The summed E-state index contributed by atoms with van der Waals surface area (Å²) in [5.74, 6) is 1.41. The third-order valence-corrected chi connectivity index (χ3v) is 5.69. The van der Waals surface area contributed by atoms with Gasteiger partial charge in [-0.2, -0.15) is 0 Å². The second-order valence-electron chi connectivity index (χ2n) is 7.27. The zero-order chi connectivity index (χ0) is 20.0. The van der Waals surface area contributed by atoms with Crippen LogP contribution in [0.4, 0.5) is 5.82 Å². The molecule has 6 nitrogen and oxygen atoms in total. The lowest BCUT2D eigenvalue weighted by Gasteiger charge is -2.16. The van der Waals surface area contributed by atoms with Crippen LogP contribution in [0.3, 0.4) is 0 Å². The number of hydrogen-bond acceptors (Lipinski definition) is 5. The summed E-state index contributed by atoms with van der Waals surface area (Å²) in [7, 11) is 0. The number of fused-ring (bicyclic) bond motifs is 1. The van der Waals surface area contributed by atoms with Crippen LogP contribution in [0.2, 0.25) is 0 Å². The lowest BCUT2D eigenvalue weighted by molar-refractivity contribution is 0.0996. The van der Waals surface area contributed by atoms with Gasteiger partial charge in [0.1, 0.15) is 11.5 Å². The maximum Gasteiger partial charge on any atom is 0.260 e. The molecule has 29 heavy (non-hydrogen) atoms. The quantitative estimate of drug-likeness (QED) is 0.492. The highest BCUT2D eigenvalue weighted by Gasteiger charge is 2.30. The molecule has 0 saturated carbocycles. The third-order valence-electron chi connectivity index (χ3n) is 5.11. The van der Waals surface area contributed by atoms with Gasteiger partial charge in [0, 0.05) is 34.9 Å². The Bertz CT molecular complexity index is 1200. The number of carbonyl (C=O) groups excluding carboxylic acids is 1. The van der Waals surface area contributed by atoms with Crippen molar-refractivity contribution in [1.29, 1.82) is 0 Å². The van der Waals surface area contributed by atoms with Crippen molar-refractivity contribution in [3.05, 3.63) is 70.8 Å². The summed E-state index contributed by atoms with van der Waals surface area (Å²) in [6.45, 7) is 4.73. The van der Waals surface area contributed by atoms with Gasteiger partial charge in [-0.05, 0) is 37.6 Å². The average molecular weight is 401 g/mol. The van der Waals surface area contributed by atoms with E-state index in [1.54, 1.807) is 27.9 Å². The molecule has 0 N–H and O–H groups in total. The van der Waals surface area contributed by atoms with Gasteiger partial charge in [-0.3, -0.25) is 9.69 Å². The van der Waals surface area contributed by atoms with Crippen molar-refractivity contribution in [2.24, 2.45) is 0 Å². The number of hydrogen-bond donors (Lipinski definition) is 0. The number of rotatable bonds is 4. The molecule has 0 bridgehead atoms. The SMILES string of the molecule is CC(C)n1ccnc1-c1cccc(N2Cc3ccc(-c4cscn4)cc3C2=O)n1. The van der Waals surface area contributed by atoms with E-state index < -0.39 is 0 Å². The molecule has 0 saturated heterocycles. The zero-order valence-electron chi connectivity index (χ0n) is 16.1. The lowest BCUT2D eigenvalue weighted by Crippen LogP contribution is -2.24. The van der Waals surface area contributed by atoms with Gasteiger partial charge >= 0.3 is 0 Å². The molecule has 144 valence electrons. The molecule has 0 aliphatic carbocycles. The molecule has 0 unspecified atom stereocenters. The fourth-order valence-electron chi connectivity index (χ4n) is 3.63. The summed E-state index contributed by atoms with van der Waals surface area (Å²) < 4.78 is 2.08. The Morgan fingerprint density at radius 1 is 1.10 bits per heavy atom. The summed E-state index contributed by atoms with van der Waals surface area (Å²) in [6.07, 6.45) is 3.73. The smallest absolute Gasteiger partial charge is 0.260 e. The first-order chi connectivity index (χ1) is 14.1. The van der Waals surface area contributed by atoms with Crippen molar-refractivity contribution >= 4 is 23.1 Å². The molecule has 3 aromatic heterocycles. The topological polar surface area (TPSA) is 63.9 Å². The Kier molecular flexibility index (Phi) is 4.24. The maximum absolute atomic E-state index is 13.1. The van der Waals surface area contributed by atoms with E-state index >= 15 is 0 Å². The average Bonchev–Trinajstić information content (AvgIpc) is 3.48. The molecule has 7 heteroatoms. The van der Waals surface area contributed by atoms with Gasteiger partial charge in [-0.1, -0.05) is 18.2 Å². The Labute approximate surface area is 172 Å². The number of amides is 1. The first kappa shape index (κ1) is 17.8. The van der Waals surface area contributed by atoms with Crippen molar-refractivity contribution in [2.45, 2.75) is 26.4 Å². The molecule has 5 rings (SSSR count). The molecule has 0 radical (unpaired) electrons. The molecule has 1 aromatic carbocycles. The predicted molar refractivity (Wildman–Crippen MR) is 114 cm³/mol. The highest BCUT2D eigenvalue weighted by molar-refractivity contribution is 7.07. The highest BCUT2D eigenvalue weighted by Crippen LogP contribution is 2.32.